The Morgan fingerprint density at radius 1 is 1.18 bits per heavy atom. The minimum Gasteiger partial charge on any atom is -0.507 e. The zero-order valence-electron chi connectivity index (χ0n) is 16.3. The fourth-order valence-corrected chi connectivity index (χ4v) is 3.62. The second-order valence-electron chi connectivity index (χ2n) is 7.32. The van der Waals surface area contributed by atoms with E-state index >= 15 is 0 Å². The van der Waals surface area contributed by atoms with Crippen molar-refractivity contribution < 1.29 is 5.11 Å². The lowest BCUT2D eigenvalue weighted by molar-refractivity contribution is 0.410. The third-order valence-corrected chi connectivity index (χ3v) is 5.30. The zero-order chi connectivity index (χ0) is 19.5. The van der Waals surface area contributed by atoms with E-state index in [-0.39, 0.29) is 5.75 Å². The summed E-state index contributed by atoms with van der Waals surface area (Å²) in [6.07, 6.45) is 3.85. The molecule has 3 N–H and O–H groups in total. The number of H-pyrrole nitrogens is 1. The third kappa shape index (κ3) is 3.99. The van der Waals surface area contributed by atoms with Crippen LogP contribution < -0.4 is 10.2 Å². The Morgan fingerprint density at radius 2 is 1.96 bits per heavy atom. The molecule has 0 spiro atoms. The highest BCUT2D eigenvalue weighted by Gasteiger charge is 2.21. The Hall–Kier alpha value is -2.93. The Bertz CT molecular complexity index is 946. The fraction of sp³-hybridized carbons (Fsp3) is 0.381. The van der Waals surface area contributed by atoms with Gasteiger partial charge < -0.3 is 20.3 Å². The summed E-state index contributed by atoms with van der Waals surface area (Å²) in [6.45, 7) is 6.69. The van der Waals surface area contributed by atoms with Crippen LogP contribution in [0.25, 0.3) is 11.4 Å². The van der Waals surface area contributed by atoms with Crippen molar-refractivity contribution in [1.29, 1.82) is 0 Å². The summed E-state index contributed by atoms with van der Waals surface area (Å²) in [7, 11) is 0. The van der Waals surface area contributed by atoms with Gasteiger partial charge in [0.25, 0.3) is 0 Å². The molecule has 0 amide bonds. The van der Waals surface area contributed by atoms with Crippen LogP contribution >= 0.6 is 0 Å². The van der Waals surface area contributed by atoms with E-state index in [0.717, 1.165) is 55.4 Å². The van der Waals surface area contributed by atoms with Gasteiger partial charge in [-0.15, -0.1) is 0 Å². The number of anilines is 1. The summed E-state index contributed by atoms with van der Waals surface area (Å²) in [4.78, 5) is 19.0. The smallest absolute Gasteiger partial charge is 0.165 e. The minimum atomic E-state index is 0.204. The van der Waals surface area contributed by atoms with Crippen molar-refractivity contribution in [2.75, 3.05) is 18.0 Å². The highest BCUT2D eigenvalue weighted by atomic mass is 16.3. The molecule has 0 bridgehead atoms. The van der Waals surface area contributed by atoms with Crippen molar-refractivity contribution in [3.63, 3.8) is 0 Å². The van der Waals surface area contributed by atoms with E-state index in [4.69, 9.17) is 4.98 Å². The van der Waals surface area contributed by atoms with Crippen LogP contribution in [0.5, 0.6) is 5.75 Å². The monoisotopic (exact) mass is 378 g/mol. The first-order valence-corrected chi connectivity index (χ1v) is 9.71. The number of phenolic OH excluding ortho intramolecular Hbond substituents is 1. The van der Waals surface area contributed by atoms with Gasteiger partial charge in [-0.25, -0.2) is 15.0 Å². The first-order chi connectivity index (χ1) is 13.6. The first kappa shape index (κ1) is 18.4. The number of hydrogen-bond donors (Lipinski definition) is 3. The molecule has 7 heteroatoms. The average molecular weight is 378 g/mol. The largest absolute Gasteiger partial charge is 0.507 e. The van der Waals surface area contributed by atoms with Crippen LogP contribution in [0, 0.1) is 13.8 Å². The number of nitrogens with one attached hydrogen (secondary N) is 2. The SMILES string of the molecule is Cc1cc(N2CCC(NCc3nc[nH]c3C)CC2)nc(-c2ccccc2O)n1. The fourth-order valence-electron chi connectivity index (χ4n) is 3.62. The molecule has 1 aliphatic heterocycles. The molecule has 2 aromatic heterocycles. The number of para-hydroxylation sites is 1. The molecule has 0 radical (unpaired) electrons. The number of benzene rings is 1. The topological polar surface area (TPSA) is 90.0 Å². The molecule has 1 aliphatic rings. The van der Waals surface area contributed by atoms with Crippen LogP contribution in [0.2, 0.25) is 0 Å². The van der Waals surface area contributed by atoms with Crippen LogP contribution in [0.1, 0.15) is 29.9 Å². The lowest BCUT2D eigenvalue weighted by Gasteiger charge is -2.33. The van der Waals surface area contributed by atoms with E-state index in [1.807, 2.05) is 32.0 Å². The quantitative estimate of drug-likeness (QED) is 0.632. The molecule has 0 atom stereocenters. The molecule has 3 heterocycles. The van der Waals surface area contributed by atoms with Gasteiger partial charge >= 0.3 is 0 Å². The maximum absolute atomic E-state index is 10.1. The summed E-state index contributed by atoms with van der Waals surface area (Å²) in [5, 5.41) is 13.8. The molecule has 1 fully saturated rings. The predicted octanol–water partition coefficient (Wildman–Crippen LogP) is 2.95. The van der Waals surface area contributed by atoms with E-state index in [9.17, 15) is 5.11 Å². The molecule has 0 saturated carbocycles. The maximum Gasteiger partial charge on any atom is 0.165 e. The molecule has 0 aliphatic carbocycles. The van der Waals surface area contributed by atoms with Crippen molar-refractivity contribution >= 4 is 5.82 Å². The minimum absolute atomic E-state index is 0.204. The number of phenols is 1. The number of aromatic hydroxyl groups is 1. The predicted molar refractivity (Wildman–Crippen MR) is 109 cm³/mol. The molecule has 28 heavy (non-hydrogen) atoms. The summed E-state index contributed by atoms with van der Waals surface area (Å²) in [5.74, 6) is 1.70. The van der Waals surface area contributed by atoms with Crippen LogP contribution in [0.4, 0.5) is 5.82 Å². The Balaban J connectivity index is 1.42. The molecule has 1 saturated heterocycles. The zero-order valence-corrected chi connectivity index (χ0v) is 16.3. The van der Waals surface area contributed by atoms with E-state index in [0.29, 0.717) is 17.4 Å². The Labute approximate surface area is 164 Å². The molecule has 7 nitrogen and oxygen atoms in total. The number of nitrogens with zero attached hydrogens (tertiary/aromatic N) is 4. The third-order valence-electron chi connectivity index (χ3n) is 5.30. The van der Waals surface area contributed by atoms with Gasteiger partial charge in [-0.05, 0) is 38.8 Å². The van der Waals surface area contributed by atoms with Gasteiger partial charge in [-0.3, -0.25) is 0 Å². The Kier molecular flexibility index (Phi) is 5.25. The highest BCUT2D eigenvalue weighted by Crippen LogP contribution is 2.28. The summed E-state index contributed by atoms with van der Waals surface area (Å²) >= 11 is 0. The van der Waals surface area contributed by atoms with E-state index in [2.05, 4.69) is 25.2 Å². The number of aromatic nitrogens is 4. The van der Waals surface area contributed by atoms with E-state index < -0.39 is 0 Å². The van der Waals surface area contributed by atoms with Crippen LogP contribution in [-0.4, -0.2) is 44.2 Å². The van der Waals surface area contributed by atoms with Crippen molar-refractivity contribution in [2.45, 2.75) is 39.3 Å². The number of aryl methyl sites for hydroxylation is 2. The van der Waals surface area contributed by atoms with Crippen LogP contribution in [-0.2, 0) is 6.54 Å². The normalized spacial score (nSPS) is 15.1. The van der Waals surface area contributed by atoms with Crippen molar-refractivity contribution in [3.05, 3.63) is 53.7 Å². The van der Waals surface area contributed by atoms with E-state index in [1.165, 1.54) is 0 Å². The van der Waals surface area contributed by atoms with Gasteiger partial charge in [-0.1, -0.05) is 12.1 Å². The molecule has 1 aromatic carbocycles. The molecule has 4 rings (SSSR count). The van der Waals surface area contributed by atoms with Crippen molar-refractivity contribution in [3.8, 4) is 17.1 Å². The number of aromatic amines is 1. The lowest BCUT2D eigenvalue weighted by Crippen LogP contribution is -2.42. The van der Waals surface area contributed by atoms with E-state index in [1.54, 1.807) is 18.5 Å². The number of hydrogen-bond acceptors (Lipinski definition) is 6. The summed E-state index contributed by atoms with van der Waals surface area (Å²) < 4.78 is 0. The standard InChI is InChI=1S/C21H26N6O/c1-14-11-20(26-21(25-14)17-5-3-4-6-19(17)28)27-9-7-16(8-10-27)22-12-18-15(2)23-13-24-18/h3-6,11,13,16,22,28H,7-10,12H2,1-2H3,(H,23,24). The molecule has 146 valence electrons. The number of imidazole rings is 1. The lowest BCUT2D eigenvalue weighted by atomic mass is 10.0. The maximum atomic E-state index is 10.1. The molecule has 3 aromatic rings. The average Bonchev–Trinajstić information content (AvgIpc) is 3.11. The van der Waals surface area contributed by atoms with Gasteiger partial charge in [0.15, 0.2) is 5.82 Å². The van der Waals surface area contributed by atoms with Crippen molar-refractivity contribution in [2.24, 2.45) is 0 Å². The Morgan fingerprint density at radius 3 is 2.68 bits per heavy atom. The van der Waals surface area contributed by atoms with Gasteiger partial charge in [0, 0.05) is 43.1 Å². The molecule has 0 unspecified atom stereocenters. The van der Waals surface area contributed by atoms with Gasteiger partial charge in [0.05, 0.1) is 17.6 Å². The summed E-state index contributed by atoms with van der Waals surface area (Å²) in [6, 6.07) is 9.70. The molecular weight excluding hydrogens is 352 g/mol. The number of piperidine rings is 1. The molecular formula is C21H26N6O. The van der Waals surface area contributed by atoms with Crippen LogP contribution in [0.15, 0.2) is 36.7 Å². The van der Waals surface area contributed by atoms with Gasteiger partial charge in [0.1, 0.15) is 11.6 Å². The second kappa shape index (κ2) is 7.98. The highest BCUT2D eigenvalue weighted by molar-refractivity contribution is 5.65. The number of rotatable bonds is 5. The van der Waals surface area contributed by atoms with Crippen molar-refractivity contribution in [1.82, 2.24) is 25.3 Å². The van der Waals surface area contributed by atoms with Crippen LogP contribution in [0.3, 0.4) is 0 Å². The van der Waals surface area contributed by atoms with Gasteiger partial charge in [0.2, 0.25) is 0 Å². The first-order valence-electron chi connectivity index (χ1n) is 9.71. The second-order valence-corrected chi connectivity index (χ2v) is 7.32. The van der Waals surface area contributed by atoms with Gasteiger partial charge in [-0.2, -0.15) is 0 Å². The summed E-state index contributed by atoms with van der Waals surface area (Å²) in [5.41, 5.74) is 3.77.